The molecule has 6 heteroatoms. The first-order valence-corrected chi connectivity index (χ1v) is 14.7. The first-order chi connectivity index (χ1) is 19.6. The molecule has 2 amide bonds. The third-order valence-corrected chi connectivity index (χ3v) is 9.97. The number of hydrogen-bond donors (Lipinski definition) is 2. The molecule has 1 saturated heterocycles. The molecule has 3 unspecified atom stereocenters. The molecule has 3 aromatic rings. The topological polar surface area (TPSA) is 78.9 Å². The second kappa shape index (κ2) is 10.1. The lowest BCUT2D eigenvalue weighted by Gasteiger charge is -2.33. The fraction of sp³-hybridized carbons (Fsp3) is 0.412. The molecule has 3 atom stereocenters. The number of carbonyl (C=O) groups excluding carboxylic acids is 2. The van der Waals surface area contributed by atoms with E-state index in [9.17, 15) is 14.7 Å². The Morgan fingerprint density at radius 3 is 2.05 bits per heavy atom. The van der Waals surface area contributed by atoms with Gasteiger partial charge in [-0.3, -0.25) is 4.79 Å². The van der Waals surface area contributed by atoms with Crippen molar-refractivity contribution in [3.63, 3.8) is 0 Å². The van der Waals surface area contributed by atoms with E-state index in [4.69, 9.17) is 4.74 Å². The van der Waals surface area contributed by atoms with Crippen LogP contribution in [0.1, 0.15) is 48.3 Å². The number of nitrogens with zero attached hydrogens (tertiary/aromatic N) is 1. The van der Waals surface area contributed by atoms with Crippen LogP contribution in [-0.2, 0) is 15.1 Å². The van der Waals surface area contributed by atoms with Gasteiger partial charge >= 0.3 is 6.09 Å². The van der Waals surface area contributed by atoms with Crippen LogP contribution in [0.2, 0.25) is 0 Å². The van der Waals surface area contributed by atoms with Crippen molar-refractivity contribution in [1.29, 1.82) is 0 Å². The number of ether oxygens (including phenoxy) is 1. The Bertz CT molecular complexity index is 1360. The maximum atomic E-state index is 13.4. The number of fused-ring (bicyclic) bond motifs is 4. The smallest absolute Gasteiger partial charge is 0.409 e. The molecular weight excluding hydrogens is 500 g/mol. The molecule has 3 aromatic carbocycles. The van der Waals surface area contributed by atoms with Gasteiger partial charge in [0.1, 0.15) is 6.61 Å². The van der Waals surface area contributed by atoms with Gasteiger partial charge in [0.15, 0.2) is 5.60 Å². The van der Waals surface area contributed by atoms with E-state index >= 15 is 0 Å². The van der Waals surface area contributed by atoms with E-state index in [0.29, 0.717) is 49.6 Å². The summed E-state index contributed by atoms with van der Waals surface area (Å²) < 4.78 is 5.86. The number of rotatable bonds is 7. The summed E-state index contributed by atoms with van der Waals surface area (Å²) in [6.45, 7) is 2.19. The molecule has 206 valence electrons. The van der Waals surface area contributed by atoms with Gasteiger partial charge in [-0.2, -0.15) is 0 Å². The fourth-order valence-electron chi connectivity index (χ4n) is 7.72. The van der Waals surface area contributed by atoms with Crippen LogP contribution in [0.3, 0.4) is 0 Å². The van der Waals surface area contributed by atoms with Crippen LogP contribution in [0.4, 0.5) is 4.79 Å². The van der Waals surface area contributed by atoms with Crippen molar-refractivity contribution in [2.45, 2.75) is 37.2 Å². The molecule has 7 rings (SSSR count). The van der Waals surface area contributed by atoms with Crippen molar-refractivity contribution >= 4 is 12.0 Å². The zero-order valence-corrected chi connectivity index (χ0v) is 22.7. The van der Waals surface area contributed by atoms with Crippen molar-refractivity contribution < 1.29 is 19.4 Å². The zero-order valence-electron chi connectivity index (χ0n) is 22.7. The van der Waals surface area contributed by atoms with Crippen LogP contribution in [0, 0.1) is 23.7 Å². The Balaban J connectivity index is 0.932. The van der Waals surface area contributed by atoms with Crippen LogP contribution in [0.5, 0.6) is 0 Å². The summed E-state index contributed by atoms with van der Waals surface area (Å²) in [5, 5.41) is 14.8. The molecule has 40 heavy (non-hydrogen) atoms. The monoisotopic (exact) mass is 536 g/mol. The minimum Gasteiger partial charge on any atom is -0.448 e. The molecule has 6 nitrogen and oxygen atoms in total. The Kier molecular flexibility index (Phi) is 6.38. The fourth-order valence-corrected chi connectivity index (χ4v) is 7.72. The number of hydrogen-bond acceptors (Lipinski definition) is 4. The average Bonchev–Trinajstić information content (AvgIpc) is 3.47. The van der Waals surface area contributed by atoms with E-state index in [1.54, 1.807) is 0 Å². The van der Waals surface area contributed by atoms with Gasteiger partial charge < -0.3 is 20.1 Å². The second-order valence-corrected chi connectivity index (χ2v) is 12.0. The Morgan fingerprint density at radius 1 is 0.850 bits per heavy atom. The molecule has 0 aromatic heterocycles. The normalized spacial score (nSPS) is 24.6. The maximum Gasteiger partial charge on any atom is 0.409 e. The van der Waals surface area contributed by atoms with Gasteiger partial charge in [0.05, 0.1) is 0 Å². The Hall–Kier alpha value is -3.64. The third-order valence-electron chi connectivity index (χ3n) is 9.97. The average molecular weight is 537 g/mol. The highest BCUT2D eigenvalue weighted by atomic mass is 16.6. The highest BCUT2D eigenvalue weighted by molar-refractivity contribution is 5.87. The number of aliphatic hydroxyl groups is 1. The first-order valence-electron chi connectivity index (χ1n) is 14.7. The number of carbonyl (C=O) groups is 2. The highest BCUT2D eigenvalue weighted by Crippen LogP contribution is 2.52. The third kappa shape index (κ3) is 4.21. The summed E-state index contributed by atoms with van der Waals surface area (Å²) in [6, 6.07) is 26.1. The van der Waals surface area contributed by atoms with Crippen molar-refractivity contribution in [1.82, 2.24) is 10.2 Å². The summed E-state index contributed by atoms with van der Waals surface area (Å²) in [5.74, 6) is 0.792. The predicted molar refractivity (Wildman–Crippen MR) is 152 cm³/mol. The molecule has 4 aliphatic rings. The van der Waals surface area contributed by atoms with Gasteiger partial charge in [0.2, 0.25) is 0 Å². The van der Waals surface area contributed by atoms with E-state index < -0.39 is 5.60 Å². The number of amides is 2. The van der Waals surface area contributed by atoms with Crippen LogP contribution in [0.25, 0.3) is 11.1 Å². The van der Waals surface area contributed by atoms with Gasteiger partial charge in [0.25, 0.3) is 5.91 Å². The van der Waals surface area contributed by atoms with Gasteiger partial charge in [-0.15, -0.1) is 0 Å². The molecule has 0 bridgehead atoms. The van der Waals surface area contributed by atoms with E-state index in [1.165, 1.54) is 22.3 Å². The zero-order chi connectivity index (χ0) is 27.3. The molecule has 2 saturated carbocycles. The van der Waals surface area contributed by atoms with Crippen LogP contribution in [-0.4, -0.2) is 48.2 Å². The largest absolute Gasteiger partial charge is 0.448 e. The minimum atomic E-state index is -1.49. The standard InChI is InChI=1S/C34H36N2O4/c37-32(34(39,23-12-4-5-13-23)22-10-2-1-3-11-22)35-18-28-29-19-36(20-30(28)29)33(38)40-21-31-26-16-8-6-14-24(26)25-15-7-9-17-27(25)31/h1-3,6-11,14-17,23,28-31,39H,4-5,12-13,18-21H2,(H,35,37). The SMILES string of the molecule is O=C(OCC1c2ccccc2-c2ccccc21)N1CC2C(CNC(=O)C(O)(c3ccccc3)C3CCCC3)C2C1. The van der Waals surface area contributed by atoms with Crippen LogP contribution >= 0.6 is 0 Å². The van der Waals surface area contributed by atoms with Crippen molar-refractivity contribution in [2.75, 3.05) is 26.2 Å². The first kappa shape index (κ1) is 25.3. The molecule has 3 aliphatic carbocycles. The summed E-state index contributed by atoms with van der Waals surface area (Å²) in [6.07, 6.45) is 3.57. The minimum absolute atomic E-state index is 0.0553. The van der Waals surface area contributed by atoms with Crippen LogP contribution < -0.4 is 5.32 Å². The van der Waals surface area contributed by atoms with Gasteiger partial charge in [0, 0.05) is 31.5 Å². The quantitative estimate of drug-likeness (QED) is 0.429. The Morgan fingerprint density at radius 2 is 1.43 bits per heavy atom. The van der Waals surface area contributed by atoms with Crippen molar-refractivity contribution in [3.8, 4) is 11.1 Å². The molecule has 3 fully saturated rings. The lowest BCUT2D eigenvalue weighted by atomic mass is 9.79. The van der Waals surface area contributed by atoms with Gasteiger partial charge in [-0.25, -0.2) is 4.79 Å². The summed E-state index contributed by atoms with van der Waals surface area (Å²) in [7, 11) is 0. The van der Waals surface area contributed by atoms with Gasteiger partial charge in [-0.1, -0.05) is 91.7 Å². The predicted octanol–water partition coefficient (Wildman–Crippen LogP) is 5.31. The number of benzene rings is 3. The number of likely N-dealkylation sites (tertiary alicyclic amines) is 1. The summed E-state index contributed by atoms with van der Waals surface area (Å²) >= 11 is 0. The summed E-state index contributed by atoms with van der Waals surface area (Å²) in [5.41, 5.74) is 4.05. The molecule has 1 heterocycles. The second-order valence-electron chi connectivity index (χ2n) is 12.0. The van der Waals surface area contributed by atoms with Gasteiger partial charge in [-0.05, 0) is 58.4 Å². The molecule has 0 radical (unpaired) electrons. The highest BCUT2D eigenvalue weighted by Gasteiger charge is 2.57. The Labute approximate surface area is 235 Å². The number of piperidine rings is 1. The lowest BCUT2D eigenvalue weighted by molar-refractivity contribution is -0.147. The molecular formula is C34H36N2O4. The molecule has 2 N–H and O–H groups in total. The summed E-state index contributed by atoms with van der Waals surface area (Å²) in [4.78, 5) is 28.2. The lowest BCUT2D eigenvalue weighted by Crippen LogP contribution is -2.49. The van der Waals surface area contributed by atoms with Crippen LogP contribution in [0.15, 0.2) is 78.9 Å². The maximum absolute atomic E-state index is 13.4. The van der Waals surface area contributed by atoms with E-state index in [0.717, 1.165) is 25.7 Å². The molecule has 1 aliphatic heterocycles. The number of nitrogens with one attached hydrogen (secondary N) is 1. The van der Waals surface area contributed by atoms with E-state index in [-0.39, 0.29) is 23.8 Å². The molecule has 0 spiro atoms. The van der Waals surface area contributed by atoms with Crippen molar-refractivity contribution in [3.05, 3.63) is 95.6 Å². The van der Waals surface area contributed by atoms with Crippen molar-refractivity contribution in [2.24, 2.45) is 23.7 Å². The van der Waals surface area contributed by atoms with E-state index in [2.05, 4.69) is 41.7 Å². The van der Waals surface area contributed by atoms with E-state index in [1.807, 2.05) is 47.4 Å².